The summed E-state index contributed by atoms with van der Waals surface area (Å²) in [6.07, 6.45) is 2.85. The summed E-state index contributed by atoms with van der Waals surface area (Å²) < 4.78 is 5.73. The number of rotatable bonds is 7. The monoisotopic (exact) mass is 394 g/mol. The Labute approximate surface area is 170 Å². The Morgan fingerprint density at radius 1 is 1.21 bits per heavy atom. The summed E-state index contributed by atoms with van der Waals surface area (Å²) >= 11 is 1.81. The number of nitrogens with one attached hydrogen (secondary N) is 1. The third kappa shape index (κ3) is 4.95. The predicted molar refractivity (Wildman–Crippen MR) is 114 cm³/mol. The van der Waals surface area contributed by atoms with Gasteiger partial charge in [0.05, 0.1) is 18.8 Å². The molecule has 146 valence electrons. The molecule has 1 N–H and O–H groups in total. The highest BCUT2D eigenvalue weighted by Gasteiger charge is 2.26. The lowest BCUT2D eigenvalue weighted by molar-refractivity contribution is -0.0322. The Balaban J connectivity index is 1.44. The Hall–Kier alpha value is -2.28. The summed E-state index contributed by atoms with van der Waals surface area (Å²) in [6.45, 7) is 5.66. The molecular formula is C22H26N4OS. The molecule has 2 atom stereocenters. The molecule has 4 rings (SSSR count). The lowest BCUT2D eigenvalue weighted by Crippen LogP contribution is -2.44. The van der Waals surface area contributed by atoms with Crippen LogP contribution in [-0.2, 0) is 11.2 Å². The minimum absolute atomic E-state index is 0.271. The largest absolute Gasteiger partial charge is 0.376 e. The molecule has 3 heterocycles. The molecule has 0 saturated carbocycles. The van der Waals surface area contributed by atoms with Crippen molar-refractivity contribution < 1.29 is 4.74 Å². The maximum Gasteiger partial charge on any atom is 0.135 e. The van der Waals surface area contributed by atoms with E-state index in [0.717, 1.165) is 44.3 Å². The van der Waals surface area contributed by atoms with Crippen molar-refractivity contribution in [1.29, 1.82) is 0 Å². The Bertz CT molecular complexity index is 856. The van der Waals surface area contributed by atoms with Crippen LogP contribution >= 0.6 is 11.3 Å². The normalized spacial score (nSPS) is 18.7. The van der Waals surface area contributed by atoms with Gasteiger partial charge in [-0.3, -0.25) is 4.90 Å². The smallest absolute Gasteiger partial charge is 0.135 e. The Morgan fingerprint density at radius 2 is 2.11 bits per heavy atom. The number of hydrogen-bond acceptors (Lipinski definition) is 6. The van der Waals surface area contributed by atoms with Crippen molar-refractivity contribution in [3.8, 4) is 0 Å². The van der Waals surface area contributed by atoms with Crippen molar-refractivity contribution in [3.63, 3.8) is 0 Å². The van der Waals surface area contributed by atoms with E-state index in [1.807, 2.05) is 41.8 Å². The van der Waals surface area contributed by atoms with E-state index < -0.39 is 0 Å². The van der Waals surface area contributed by atoms with Crippen LogP contribution in [0.15, 0.2) is 60.1 Å². The molecule has 0 aliphatic carbocycles. The van der Waals surface area contributed by atoms with E-state index in [-0.39, 0.29) is 6.10 Å². The molecule has 28 heavy (non-hydrogen) atoms. The average molecular weight is 395 g/mol. The predicted octanol–water partition coefficient (Wildman–Crippen LogP) is 4.00. The van der Waals surface area contributed by atoms with E-state index in [4.69, 9.17) is 9.72 Å². The first kappa shape index (κ1) is 19.1. The van der Waals surface area contributed by atoms with Gasteiger partial charge in [0.25, 0.3) is 0 Å². The second-order valence-electron chi connectivity index (χ2n) is 7.11. The molecule has 6 heteroatoms. The van der Waals surface area contributed by atoms with Crippen molar-refractivity contribution in [2.75, 3.05) is 31.6 Å². The highest BCUT2D eigenvalue weighted by atomic mass is 32.1. The van der Waals surface area contributed by atoms with Crippen molar-refractivity contribution in [1.82, 2.24) is 14.9 Å². The van der Waals surface area contributed by atoms with Gasteiger partial charge in [-0.25, -0.2) is 9.97 Å². The zero-order valence-electron chi connectivity index (χ0n) is 16.1. The first-order valence-electron chi connectivity index (χ1n) is 9.77. The third-order valence-electron chi connectivity index (χ3n) is 4.97. The molecule has 5 nitrogen and oxygen atoms in total. The molecule has 1 saturated heterocycles. The molecule has 0 radical (unpaired) electrons. The van der Waals surface area contributed by atoms with E-state index in [9.17, 15) is 0 Å². The number of ether oxygens (including phenoxy) is 1. The molecular weight excluding hydrogens is 368 g/mol. The standard InChI is InChI=1S/C22H26N4OS/c1-17-16-26(11-12-27-17)19(20-8-5-13-28-20)15-24-21-9-10-23-22(25-21)14-18-6-3-2-4-7-18/h2-10,13,17,19H,11-12,14-16H2,1H3,(H,23,24,25). The van der Waals surface area contributed by atoms with E-state index in [1.54, 1.807) is 0 Å². The number of aromatic nitrogens is 2. The quantitative estimate of drug-likeness (QED) is 0.656. The Morgan fingerprint density at radius 3 is 2.89 bits per heavy atom. The van der Waals surface area contributed by atoms with Crippen molar-refractivity contribution >= 4 is 17.2 Å². The van der Waals surface area contributed by atoms with Gasteiger partial charge in [0.1, 0.15) is 11.6 Å². The number of hydrogen-bond donors (Lipinski definition) is 1. The summed E-state index contributed by atoms with van der Waals surface area (Å²) in [7, 11) is 0. The molecule has 1 aliphatic heterocycles. The van der Waals surface area contributed by atoms with Gasteiger partial charge < -0.3 is 10.1 Å². The zero-order chi connectivity index (χ0) is 19.2. The van der Waals surface area contributed by atoms with Gasteiger partial charge >= 0.3 is 0 Å². The minimum atomic E-state index is 0.271. The fourth-order valence-electron chi connectivity index (χ4n) is 3.58. The Kier molecular flexibility index (Phi) is 6.31. The van der Waals surface area contributed by atoms with Crippen LogP contribution in [0.2, 0.25) is 0 Å². The van der Waals surface area contributed by atoms with Crippen LogP contribution in [-0.4, -0.2) is 47.2 Å². The number of thiophene rings is 1. The second-order valence-corrected chi connectivity index (χ2v) is 8.09. The molecule has 2 unspecified atom stereocenters. The van der Waals surface area contributed by atoms with Crippen LogP contribution in [0.25, 0.3) is 0 Å². The molecule has 1 fully saturated rings. The number of anilines is 1. The summed E-state index contributed by atoms with van der Waals surface area (Å²) in [4.78, 5) is 13.0. The lowest BCUT2D eigenvalue weighted by Gasteiger charge is -2.37. The van der Waals surface area contributed by atoms with Crippen molar-refractivity contribution in [3.05, 3.63) is 76.4 Å². The molecule has 1 aromatic carbocycles. The fraction of sp³-hybridized carbons (Fsp3) is 0.364. The van der Waals surface area contributed by atoms with E-state index in [0.29, 0.717) is 6.04 Å². The number of nitrogens with zero attached hydrogens (tertiary/aromatic N) is 3. The summed E-state index contributed by atoms with van der Waals surface area (Å²) in [5.41, 5.74) is 1.22. The van der Waals surface area contributed by atoms with Crippen LogP contribution < -0.4 is 5.32 Å². The van der Waals surface area contributed by atoms with Crippen LogP contribution in [0.5, 0.6) is 0 Å². The molecule has 0 amide bonds. The van der Waals surface area contributed by atoms with Gasteiger partial charge in [-0.15, -0.1) is 11.3 Å². The van der Waals surface area contributed by atoms with Crippen LogP contribution in [0, 0.1) is 0 Å². The van der Waals surface area contributed by atoms with Crippen LogP contribution in [0.1, 0.15) is 29.2 Å². The fourth-order valence-corrected chi connectivity index (χ4v) is 4.44. The van der Waals surface area contributed by atoms with Gasteiger partial charge in [-0.2, -0.15) is 0 Å². The second kappa shape index (κ2) is 9.28. The summed E-state index contributed by atoms with van der Waals surface area (Å²) in [5.74, 6) is 1.72. The molecule has 0 spiro atoms. The lowest BCUT2D eigenvalue weighted by atomic mass is 10.1. The van der Waals surface area contributed by atoms with Crippen LogP contribution in [0.4, 0.5) is 5.82 Å². The highest BCUT2D eigenvalue weighted by Crippen LogP contribution is 2.27. The van der Waals surface area contributed by atoms with Crippen molar-refractivity contribution in [2.24, 2.45) is 0 Å². The highest BCUT2D eigenvalue weighted by molar-refractivity contribution is 7.10. The topological polar surface area (TPSA) is 50.3 Å². The van der Waals surface area contributed by atoms with Gasteiger partial charge in [-0.05, 0) is 30.0 Å². The first-order valence-corrected chi connectivity index (χ1v) is 10.6. The van der Waals surface area contributed by atoms with Crippen molar-refractivity contribution in [2.45, 2.75) is 25.5 Å². The van der Waals surface area contributed by atoms with E-state index in [1.165, 1.54) is 10.4 Å². The third-order valence-corrected chi connectivity index (χ3v) is 5.95. The average Bonchev–Trinajstić information content (AvgIpc) is 3.24. The minimum Gasteiger partial charge on any atom is -0.376 e. The zero-order valence-corrected chi connectivity index (χ0v) is 16.9. The van der Waals surface area contributed by atoms with Gasteiger partial charge in [0, 0.05) is 37.1 Å². The maximum absolute atomic E-state index is 5.73. The number of morpholine rings is 1. The molecule has 1 aliphatic rings. The summed E-state index contributed by atoms with van der Waals surface area (Å²) in [5, 5.41) is 5.69. The first-order chi connectivity index (χ1) is 13.8. The van der Waals surface area contributed by atoms with Gasteiger partial charge in [-0.1, -0.05) is 36.4 Å². The number of benzene rings is 1. The molecule has 0 bridgehead atoms. The maximum atomic E-state index is 5.73. The molecule has 2 aromatic heterocycles. The van der Waals surface area contributed by atoms with E-state index in [2.05, 4.69) is 51.8 Å². The summed E-state index contributed by atoms with van der Waals surface area (Å²) in [6, 6.07) is 16.9. The van der Waals surface area contributed by atoms with E-state index >= 15 is 0 Å². The molecule has 3 aromatic rings. The SMILES string of the molecule is CC1CN(C(CNc2ccnc(Cc3ccccc3)n2)c2cccs2)CCO1. The van der Waals surface area contributed by atoms with Gasteiger partial charge in [0.2, 0.25) is 0 Å². The van der Waals surface area contributed by atoms with Gasteiger partial charge in [0.15, 0.2) is 0 Å². The van der Waals surface area contributed by atoms with Crippen LogP contribution in [0.3, 0.4) is 0 Å².